The average Bonchev–Trinajstić information content (AvgIpc) is 2.38. The maximum atomic E-state index is 10.8. The Morgan fingerprint density at radius 1 is 1.28 bits per heavy atom. The highest BCUT2D eigenvalue weighted by atomic mass is 16.5. The SMILES string of the molecule is Cc1cc(C=O)cc(C)c1OCc1cccnc1. The molecule has 0 saturated heterocycles. The molecule has 0 bridgehead atoms. The van der Waals surface area contributed by atoms with Crippen LogP contribution in [0.4, 0.5) is 0 Å². The third-order valence-electron chi connectivity index (χ3n) is 2.72. The van der Waals surface area contributed by atoms with Crippen molar-refractivity contribution in [1.29, 1.82) is 0 Å². The summed E-state index contributed by atoms with van der Waals surface area (Å²) in [6.07, 6.45) is 4.37. The molecule has 3 heteroatoms. The van der Waals surface area contributed by atoms with Crippen LogP contribution in [0.25, 0.3) is 0 Å². The summed E-state index contributed by atoms with van der Waals surface area (Å²) in [5, 5.41) is 0. The summed E-state index contributed by atoms with van der Waals surface area (Å²) >= 11 is 0. The minimum Gasteiger partial charge on any atom is -0.488 e. The monoisotopic (exact) mass is 241 g/mol. The van der Waals surface area contributed by atoms with Crippen LogP contribution in [-0.2, 0) is 6.61 Å². The number of carbonyl (C=O) groups excluding carboxylic acids is 1. The van der Waals surface area contributed by atoms with Crippen LogP contribution in [-0.4, -0.2) is 11.3 Å². The molecule has 18 heavy (non-hydrogen) atoms. The van der Waals surface area contributed by atoms with Gasteiger partial charge in [-0.1, -0.05) is 6.07 Å². The molecule has 1 heterocycles. The Bertz CT molecular complexity index is 527. The molecule has 0 unspecified atom stereocenters. The third kappa shape index (κ3) is 2.74. The quantitative estimate of drug-likeness (QED) is 0.772. The molecule has 2 aromatic rings. The number of aromatic nitrogens is 1. The van der Waals surface area contributed by atoms with E-state index in [0.29, 0.717) is 12.2 Å². The van der Waals surface area contributed by atoms with E-state index in [9.17, 15) is 4.79 Å². The normalized spacial score (nSPS) is 10.1. The summed E-state index contributed by atoms with van der Waals surface area (Å²) in [6, 6.07) is 7.52. The van der Waals surface area contributed by atoms with E-state index in [4.69, 9.17) is 4.74 Å². The van der Waals surface area contributed by atoms with Crippen molar-refractivity contribution >= 4 is 6.29 Å². The number of benzene rings is 1. The van der Waals surface area contributed by atoms with Crippen molar-refractivity contribution < 1.29 is 9.53 Å². The van der Waals surface area contributed by atoms with E-state index in [1.165, 1.54) is 0 Å². The van der Waals surface area contributed by atoms with Gasteiger partial charge in [-0.3, -0.25) is 9.78 Å². The Morgan fingerprint density at radius 3 is 2.56 bits per heavy atom. The van der Waals surface area contributed by atoms with Gasteiger partial charge in [0.2, 0.25) is 0 Å². The van der Waals surface area contributed by atoms with Crippen molar-refractivity contribution in [2.75, 3.05) is 0 Å². The molecule has 0 radical (unpaired) electrons. The van der Waals surface area contributed by atoms with E-state index in [0.717, 1.165) is 28.7 Å². The largest absolute Gasteiger partial charge is 0.488 e. The Labute approximate surface area is 106 Å². The zero-order valence-corrected chi connectivity index (χ0v) is 10.5. The first-order valence-corrected chi connectivity index (χ1v) is 5.79. The zero-order chi connectivity index (χ0) is 13.0. The van der Waals surface area contributed by atoms with Gasteiger partial charge in [0.15, 0.2) is 0 Å². The molecule has 0 saturated carbocycles. The predicted octanol–water partition coefficient (Wildman–Crippen LogP) is 3.09. The third-order valence-corrected chi connectivity index (χ3v) is 2.72. The maximum absolute atomic E-state index is 10.8. The molecule has 1 aromatic heterocycles. The topological polar surface area (TPSA) is 39.2 Å². The van der Waals surface area contributed by atoms with Crippen LogP contribution in [0.15, 0.2) is 36.7 Å². The number of hydrogen-bond donors (Lipinski definition) is 0. The molecule has 92 valence electrons. The van der Waals surface area contributed by atoms with Crippen molar-refractivity contribution in [3.05, 3.63) is 58.9 Å². The summed E-state index contributed by atoms with van der Waals surface area (Å²) in [7, 11) is 0. The summed E-state index contributed by atoms with van der Waals surface area (Å²) in [4.78, 5) is 14.8. The fourth-order valence-electron chi connectivity index (χ4n) is 1.92. The average molecular weight is 241 g/mol. The fraction of sp³-hybridized carbons (Fsp3) is 0.200. The molecule has 0 atom stereocenters. The molecule has 0 fully saturated rings. The van der Waals surface area contributed by atoms with Gasteiger partial charge in [-0.2, -0.15) is 0 Å². The van der Waals surface area contributed by atoms with Crippen molar-refractivity contribution in [2.24, 2.45) is 0 Å². The number of rotatable bonds is 4. The highest BCUT2D eigenvalue weighted by molar-refractivity contribution is 5.76. The molecule has 3 nitrogen and oxygen atoms in total. The first-order valence-electron chi connectivity index (χ1n) is 5.79. The minimum atomic E-state index is 0.482. The number of carbonyl (C=O) groups is 1. The number of pyridine rings is 1. The molecular weight excluding hydrogens is 226 g/mol. The molecule has 2 rings (SSSR count). The van der Waals surface area contributed by atoms with Crippen molar-refractivity contribution in [3.63, 3.8) is 0 Å². The molecule has 0 amide bonds. The van der Waals surface area contributed by atoms with Gasteiger partial charge < -0.3 is 4.74 Å². The number of nitrogens with zero attached hydrogens (tertiary/aromatic N) is 1. The Kier molecular flexibility index (Phi) is 3.72. The van der Waals surface area contributed by atoms with E-state index in [2.05, 4.69) is 4.98 Å². The van der Waals surface area contributed by atoms with Crippen LogP contribution in [0.3, 0.4) is 0 Å². The fourth-order valence-corrected chi connectivity index (χ4v) is 1.92. The van der Waals surface area contributed by atoms with E-state index in [1.807, 2.05) is 38.1 Å². The lowest BCUT2D eigenvalue weighted by molar-refractivity contribution is 0.112. The van der Waals surface area contributed by atoms with Crippen LogP contribution >= 0.6 is 0 Å². The highest BCUT2D eigenvalue weighted by Crippen LogP contribution is 2.25. The zero-order valence-electron chi connectivity index (χ0n) is 10.5. The lowest BCUT2D eigenvalue weighted by atomic mass is 10.1. The summed E-state index contributed by atoms with van der Waals surface area (Å²) in [6.45, 7) is 4.37. The maximum Gasteiger partial charge on any atom is 0.150 e. The highest BCUT2D eigenvalue weighted by Gasteiger charge is 2.06. The van der Waals surface area contributed by atoms with Gasteiger partial charge >= 0.3 is 0 Å². The van der Waals surface area contributed by atoms with Crippen molar-refractivity contribution in [3.8, 4) is 5.75 Å². The first-order chi connectivity index (χ1) is 8.70. The lowest BCUT2D eigenvalue weighted by Crippen LogP contribution is -2.00. The Morgan fingerprint density at radius 2 is 2.00 bits per heavy atom. The van der Waals surface area contributed by atoms with E-state index < -0.39 is 0 Å². The van der Waals surface area contributed by atoms with Gasteiger partial charge in [-0.05, 0) is 43.2 Å². The molecule has 0 N–H and O–H groups in total. The summed E-state index contributed by atoms with van der Waals surface area (Å²) < 4.78 is 5.80. The van der Waals surface area contributed by atoms with Crippen molar-refractivity contribution in [1.82, 2.24) is 4.98 Å². The smallest absolute Gasteiger partial charge is 0.150 e. The standard InChI is InChI=1S/C15H15NO2/c1-11-6-14(9-17)7-12(2)15(11)18-10-13-4-3-5-16-8-13/h3-9H,10H2,1-2H3. The van der Waals surface area contributed by atoms with Crippen LogP contribution in [0.5, 0.6) is 5.75 Å². The number of hydrogen-bond acceptors (Lipinski definition) is 3. The summed E-state index contributed by atoms with van der Waals surface area (Å²) in [5.74, 6) is 0.837. The number of aryl methyl sites for hydroxylation is 2. The number of ether oxygens (including phenoxy) is 1. The first kappa shape index (κ1) is 12.3. The second-order valence-corrected chi connectivity index (χ2v) is 4.25. The van der Waals surface area contributed by atoms with Gasteiger partial charge in [0, 0.05) is 23.5 Å². The second kappa shape index (κ2) is 5.45. The molecule has 0 spiro atoms. The minimum absolute atomic E-state index is 0.482. The van der Waals surface area contributed by atoms with E-state index in [1.54, 1.807) is 12.4 Å². The van der Waals surface area contributed by atoms with Gasteiger partial charge in [0.1, 0.15) is 18.6 Å². The van der Waals surface area contributed by atoms with Crippen LogP contribution in [0, 0.1) is 13.8 Å². The van der Waals surface area contributed by atoms with Gasteiger partial charge in [-0.15, -0.1) is 0 Å². The molecule has 0 aliphatic rings. The predicted molar refractivity (Wildman–Crippen MR) is 69.9 cm³/mol. The summed E-state index contributed by atoms with van der Waals surface area (Å²) in [5.41, 5.74) is 3.65. The van der Waals surface area contributed by atoms with Crippen LogP contribution in [0.2, 0.25) is 0 Å². The van der Waals surface area contributed by atoms with Gasteiger partial charge in [-0.25, -0.2) is 0 Å². The second-order valence-electron chi connectivity index (χ2n) is 4.25. The molecule has 0 aliphatic heterocycles. The van der Waals surface area contributed by atoms with Crippen LogP contribution in [0.1, 0.15) is 27.0 Å². The number of aldehydes is 1. The molecular formula is C15H15NO2. The lowest BCUT2D eigenvalue weighted by Gasteiger charge is -2.12. The Hall–Kier alpha value is -2.16. The van der Waals surface area contributed by atoms with E-state index >= 15 is 0 Å². The Balaban J connectivity index is 2.17. The van der Waals surface area contributed by atoms with Gasteiger partial charge in [0.05, 0.1) is 0 Å². The van der Waals surface area contributed by atoms with E-state index in [-0.39, 0.29) is 0 Å². The van der Waals surface area contributed by atoms with Crippen LogP contribution < -0.4 is 4.74 Å². The van der Waals surface area contributed by atoms with Crippen molar-refractivity contribution in [2.45, 2.75) is 20.5 Å². The molecule has 0 aliphatic carbocycles. The molecule has 1 aromatic carbocycles. The van der Waals surface area contributed by atoms with Gasteiger partial charge in [0.25, 0.3) is 0 Å².